The maximum atomic E-state index is 4.29. The van der Waals surface area contributed by atoms with Crippen molar-refractivity contribution in [2.45, 2.75) is 6.54 Å². The Kier molecular flexibility index (Phi) is 2.96. The van der Waals surface area contributed by atoms with Gasteiger partial charge in [-0.1, -0.05) is 6.07 Å². The molecule has 0 radical (unpaired) electrons. The molecule has 2 rings (SSSR count). The summed E-state index contributed by atoms with van der Waals surface area (Å²) in [4.78, 5) is 1.28. The van der Waals surface area contributed by atoms with E-state index in [2.05, 4.69) is 34.1 Å². The van der Waals surface area contributed by atoms with Crippen molar-refractivity contribution in [3.63, 3.8) is 0 Å². The molecule has 2 heterocycles. The summed E-state index contributed by atoms with van der Waals surface area (Å²) in [7, 11) is 1.95. The lowest BCUT2D eigenvalue weighted by molar-refractivity contribution is 0.585. The maximum absolute atomic E-state index is 4.29. The summed E-state index contributed by atoms with van der Waals surface area (Å²) in [5.41, 5.74) is 1.20. The Morgan fingerprint density at radius 2 is 2.50 bits per heavy atom. The zero-order valence-corrected chi connectivity index (χ0v) is 8.92. The zero-order valence-electron chi connectivity index (χ0n) is 8.10. The molecule has 0 saturated heterocycles. The van der Waals surface area contributed by atoms with Gasteiger partial charge in [0.25, 0.3) is 0 Å². The van der Waals surface area contributed by atoms with Gasteiger partial charge in [-0.3, -0.25) is 4.68 Å². The molecule has 0 bridgehead atoms. The maximum Gasteiger partial charge on any atom is 0.0576 e. The van der Waals surface area contributed by atoms with Crippen LogP contribution in [0.5, 0.6) is 0 Å². The number of aromatic nitrogens is 2. The summed E-state index contributed by atoms with van der Waals surface area (Å²) in [5.74, 6) is 0. The number of nitrogens with zero attached hydrogens (tertiary/aromatic N) is 2. The van der Waals surface area contributed by atoms with Crippen LogP contribution in [0, 0.1) is 0 Å². The van der Waals surface area contributed by atoms with Crippen molar-refractivity contribution in [3.8, 4) is 10.4 Å². The van der Waals surface area contributed by atoms with E-state index in [1.807, 2.05) is 17.9 Å². The highest BCUT2D eigenvalue weighted by Crippen LogP contribution is 2.23. The Morgan fingerprint density at radius 3 is 3.21 bits per heavy atom. The van der Waals surface area contributed by atoms with Crippen LogP contribution in [0.3, 0.4) is 0 Å². The molecule has 0 saturated carbocycles. The van der Waals surface area contributed by atoms with E-state index in [1.54, 1.807) is 11.3 Å². The molecule has 0 unspecified atom stereocenters. The molecule has 3 nitrogen and oxygen atoms in total. The standard InChI is InChI=1S/C10H13N3S/c1-11-4-5-13-8-9(7-12-13)10-3-2-6-14-10/h2-3,6-8,11H,4-5H2,1H3. The zero-order chi connectivity index (χ0) is 9.80. The topological polar surface area (TPSA) is 29.9 Å². The first kappa shape index (κ1) is 9.43. The fraction of sp³-hybridized carbons (Fsp3) is 0.300. The van der Waals surface area contributed by atoms with E-state index in [0.717, 1.165) is 13.1 Å². The lowest BCUT2D eigenvalue weighted by atomic mass is 10.3. The van der Waals surface area contributed by atoms with Crippen LogP contribution in [0.25, 0.3) is 10.4 Å². The molecule has 0 aliphatic rings. The van der Waals surface area contributed by atoms with Gasteiger partial charge in [0, 0.05) is 23.2 Å². The Morgan fingerprint density at radius 1 is 1.57 bits per heavy atom. The summed E-state index contributed by atoms with van der Waals surface area (Å²) in [5, 5.41) is 9.48. The van der Waals surface area contributed by atoms with Crippen LogP contribution in [-0.4, -0.2) is 23.4 Å². The minimum Gasteiger partial charge on any atom is -0.318 e. The van der Waals surface area contributed by atoms with Gasteiger partial charge in [-0.2, -0.15) is 5.10 Å². The average molecular weight is 207 g/mol. The lowest BCUT2D eigenvalue weighted by Crippen LogP contribution is -2.14. The Balaban J connectivity index is 2.10. The van der Waals surface area contributed by atoms with Crippen LogP contribution in [0.4, 0.5) is 0 Å². The summed E-state index contributed by atoms with van der Waals surface area (Å²) in [6.45, 7) is 1.87. The van der Waals surface area contributed by atoms with E-state index in [1.165, 1.54) is 10.4 Å². The molecule has 14 heavy (non-hydrogen) atoms. The van der Waals surface area contributed by atoms with Gasteiger partial charge in [0.1, 0.15) is 0 Å². The average Bonchev–Trinajstić information content (AvgIpc) is 2.85. The molecule has 4 heteroatoms. The minimum atomic E-state index is 0.919. The number of thiophene rings is 1. The number of likely N-dealkylation sites (N-methyl/N-ethyl adjacent to an activating group) is 1. The van der Waals surface area contributed by atoms with E-state index in [-0.39, 0.29) is 0 Å². The summed E-state index contributed by atoms with van der Waals surface area (Å²) < 4.78 is 1.96. The molecule has 0 spiro atoms. The first-order valence-electron chi connectivity index (χ1n) is 4.61. The summed E-state index contributed by atoms with van der Waals surface area (Å²) in [6.07, 6.45) is 4.00. The highest BCUT2D eigenvalue weighted by molar-refractivity contribution is 7.13. The smallest absolute Gasteiger partial charge is 0.0576 e. The number of hydrogen-bond donors (Lipinski definition) is 1. The van der Waals surface area contributed by atoms with Crippen LogP contribution in [0.2, 0.25) is 0 Å². The largest absolute Gasteiger partial charge is 0.318 e. The van der Waals surface area contributed by atoms with Crippen molar-refractivity contribution >= 4 is 11.3 Å². The van der Waals surface area contributed by atoms with E-state index in [9.17, 15) is 0 Å². The molecular formula is C10H13N3S. The SMILES string of the molecule is CNCCn1cc(-c2cccs2)cn1. The predicted molar refractivity (Wildman–Crippen MR) is 59.5 cm³/mol. The first-order valence-corrected chi connectivity index (χ1v) is 5.49. The molecule has 0 amide bonds. The van der Waals surface area contributed by atoms with Crippen molar-refractivity contribution < 1.29 is 0 Å². The normalized spacial score (nSPS) is 10.6. The molecule has 2 aromatic heterocycles. The third kappa shape index (κ3) is 2.02. The molecule has 0 atom stereocenters. The highest BCUT2D eigenvalue weighted by atomic mass is 32.1. The molecule has 1 N–H and O–H groups in total. The molecular weight excluding hydrogens is 194 g/mol. The van der Waals surface area contributed by atoms with Gasteiger partial charge < -0.3 is 5.32 Å². The molecule has 74 valence electrons. The number of hydrogen-bond acceptors (Lipinski definition) is 3. The van der Waals surface area contributed by atoms with Crippen LogP contribution >= 0.6 is 11.3 Å². The van der Waals surface area contributed by atoms with Crippen molar-refractivity contribution in [1.29, 1.82) is 0 Å². The van der Waals surface area contributed by atoms with E-state index in [4.69, 9.17) is 0 Å². The first-order chi connectivity index (χ1) is 6.90. The van der Waals surface area contributed by atoms with Crippen molar-refractivity contribution in [1.82, 2.24) is 15.1 Å². The molecule has 0 fully saturated rings. The van der Waals surface area contributed by atoms with Crippen molar-refractivity contribution in [2.24, 2.45) is 0 Å². The van der Waals surface area contributed by atoms with Gasteiger partial charge in [-0.05, 0) is 18.5 Å². The second-order valence-corrected chi connectivity index (χ2v) is 4.02. The Bertz CT molecular complexity index is 378. The highest BCUT2D eigenvalue weighted by Gasteiger charge is 2.01. The van der Waals surface area contributed by atoms with Gasteiger partial charge in [-0.15, -0.1) is 11.3 Å². The third-order valence-electron chi connectivity index (χ3n) is 2.03. The Hall–Kier alpha value is -1.13. The van der Waals surface area contributed by atoms with Crippen LogP contribution in [-0.2, 0) is 6.54 Å². The molecule has 2 aromatic rings. The number of nitrogens with one attached hydrogen (secondary N) is 1. The third-order valence-corrected chi connectivity index (χ3v) is 2.95. The summed E-state index contributed by atoms with van der Waals surface area (Å²) >= 11 is 1.74. The van der Waals surface area contributed by atoms with E-state index in [0.29, 0.717) is 0 Å². The molecule has 0 aromatic carbocycles. The second kappa shape index (κ2) is 4.39. The number of rotatable bonds is 4. The van der Waals surface area contributed by atoms with Gasteiger partial charge in [0.15, 0.2) is 0 Å². The van der Waals surface area contributed by atoms with Crippen LogP contribution in [0.1, 0.15) is 0 Å². The van der Waals surface area contributed by atoms with Gasteiger partial charge in [0.05, 0.1) is 12.7 Å². The van der Waals surface area contributed by atoms with Gasteiger partial charge >= 0.3 is 0 Å². The van der Waals surface area contributed by atoms with Crippen molar-refractivity contribution in [2.75, 3.05) is 13.6 Å². The van der Waals surface area contributed by atoms with Gasteiger partial charge in [0.2, 0.25) is 0 Å². The van der Waals surface area contributed by atoms with E-state index < -0.39 is 0 Å². The Labute approximate surface area is 87.4 Å². The lowest BCUT2D eigenvalue weighted by Gasteiger charge is -1.98. The fourth-order valence-electron chi connectivity index (χ4n) is 1.28. The minimum absolute atomic E-state index is 0.919. The van der Waals surface area contributed by atoms with Crippen molar-refractivity contribution in [3.05, 3.63) is 29.9 Å². The monoisotopic (exact) mass is 207 g/mol. The van der Waals surface area contributed by atoms with Gasteiger partial charge in [-0.25, -0.2) is 0 Å². The molecule has 0 aliphatic heterocycles. The predicted octanol–water partition coefficient (Wildman–Crippen LogP) is 1.83. The fourth-order valence-corrected chi connectivity index (χ4v) is 1.98. The van der Waals surface area contributed by atoms with Crippen LogP contribution < -0.4 is 5.32 Å². The summed E-state index contributed by atoms with van der Waals surface area (Å²) in [6, 6.07) is 4.18. The second-order valence-electron chi connectivity index (χ2n) is 3.07. The molecule has 0 aliphatic carbocycles. The van der Waals surface area contributed by atoms with E-state index >= 15 is 0 Å². The van der Waals surface area contributed by atoms with Crippen LogP contribution in [0.15, 0.2) is 29.9 Å². The quantitative estimate of drug-likeness (QED) is 0.829.